The Hall–Kier alpha value is -1.69. The number of nitrogens with two attached hydrogens (primary N) is 1. The van der Waals surface area contributed by atoms with E-state index in [1.54, 1.807) is 11.3 Å². The molecule has 0 spiro atoms. The van der Waals surface area contributed by atoms with E-state index in [1.165, 1.54) is 4.70 Å². The predicted octanol–water partition coefficient (Wildman–Crippen LogP) is 3.52. The highest BCUT2D eigenvalue weighted by atomic mass is 32.2. The molecule has 0 aliphatic heterocycles. The quantitative estimate of drug-likeness (QED) is 0.778. The Labute approximate surface area is 134 Å². The van der Waals surface area contributed by atoms with Gasteiger partial charge in [0.15, 0.2) is 9.84 Å². The Kier molecular flexibility index (Phi) is 4.29. The maximum atomic E-state index is 12.4. The van der Waals surface area contributed by atoms with Crippen LogP contribution in [0.1, 0.15) is 17.2 Å². The SMILES string of the molecule is N[C@H](CS(=O)(=O)Cc1ccc2sccc2c1)c1ccccc1. The molecule has 1 aromatic heterocycles. The van der Waals surface area contributed by atoms with Crippen molar-refractivity contribution in [1.29, 1.82) is 0 Å². The molecule has 0 aliphatic rings. The molecule has 22 heavy (non-hydrogen) atoms. The topological polar surface area (TPSA) is 60.2 Å². The first kappa shape index (κ1) is 15.2. The second kappa shape index (κ2) is 6.20. The fourth-order valence-electron chi connectivity index (χ4n) is 2.49. The minimum absolute atomic E-state index is 0.0271. The van der Waals surface area contributed by atoms with Crippen molar-refractivity contribution in [3.05, 3.63) is 71.1 Å². The van der Waals surface area contributed by atoms with Gasteiger partial charge in [0.25, 0.3) is 0 Å². The zero-order valence-corrected chi connectivity index (χ0v) is 13.6. The molecule has 0 saturated carbocycles. The second-order valence-corrected chi connectivity index (χ2v) is 8.42. The van der Waals surface area contributed by atoms with Crippen molar-refractivity contribution in [3.63, 3.8) is 0 Å². The molecular formula is C17H17NO2S2. The minimum Gasteiger partial charge on any atom is -0.323 e. The highest BCUT2D eigenvalue weighted by molar-refractivity contribution is 7.90. The van der Waals surface area contributed by atoms with Crippen LogP contribution in [0.3, 0.4) is 0 Å². The molecule has 3 aromatic rings. The van der Waals surface area contributed by atoms with Crippen LogP contribution >= 0.6 is 11.3 Å². The average Bonchev–Trinajstić information content (AvgIpc) is 2.94. The number of benzene rings is 2. The largest absolute Gasteiger partial charge is 0.323 e. The van der Waals surface area contributed by atoms with Crippen molar-refractivity contribution in [1.82, 2.24) is 0 Å². The summed E-state index contributed by atoms with van der Waals surface area (Å²) in [5.74, 6) is -0.0159. The third-order valence-electron chi connectivity index (χ3n) is 3.56. The Bertz CT molecular complexity index is 870. The molecule has 3 rings (SSSR count). The lowest BCUT2D eigenvalue weighted by atomic mass is 10.1. The van der Waals surface area contributed by atoms with Gasteiger partial charge in [0.05, 0.1) is 11.5 Å². The Balaban J connectivity index is 1.75. The Morgan fingerprint density at radius 1 is 1.05 bits per heavy atom. The maximum absolute atomic E-state index is 12.4. The van der Waals surface area contributed by atoms with E-state index < -0.39 is 15.9 Å². The van der Waals surface area contributed by atoms with Crippen molar-refractivity contribution in [2.75, 3.05) is 5.75 Å². The molecule has 0 bridgehead atoms. The van der Waals surface area contributed by atoms with Crippen LogP contribution < -0.4 is 5.73 Å². The zero-order chi connectivity index (χ0) is 15.6. The van der Waals surface area contributed by atoms with E-state index in [9.17, 15) is 8.42 Å². The van der Waals surface area contributed by atoms with Crippen molar-refractivity contribution in [2.45, 2.75) is 11.8 Å². The third-order valence-corrected chi connectivity index (χ3v) is 6.10. The molecule has 2 N–H and O–H groups in total. The first-order chi connectivity index (χ1) is 10.5. The summed E-state index contributed by atoms with van der Waals surface area (Å²) in [6, 6.07) is 16.7. The van der Waals surface area contributed by atoms with Gasteiger partial charge in [-0.2, -0.15) is 0 Å². The normalized spacial score (nSPS) is 13.3. The summed E-state index contributed by atoms with van der Waals surface area (Å²) in [6.45, 7) is 0. The summed E-state index contributed by atoms with van der Waals surface area (Å²) in [4.78, 5) is 0. The summed E-state index contributed by atoms with van der Waals surface area (Å²) >= 11 is 1.65. The smallest absolute Gasteiger partial charge is 0.156 e. The van der Waals surface area contributed by atoms with E-state index in [4.69, 9.17) is 5.73 Å². The molecule has 0 fully saturated rings. The zero-order valence-electron chi connectivity index (χ0n) is 12.0. The summed E-state index contributed by atoms with van der Waals surface area (Å²) in [5, 5.41) is 3.10. The van der Waals surface area contributed by atoms with E-state index in [2.05, 4.69) is 0 Å². The Morgan fingerprint density at radius 2 is 1.82 bits per heavy atom. The van der Waals surface area contributed by atoms with Crippen molar-refractivity contribution in [2.24, 2.45) is 5.73 Å². The average molecular weight is 331 g/mol. The van der Waals surface area contributed by atoms with Crippen LogP contribution in [0.2, 0.25) is 0 Å². The highest BCUT2D eigenvalue weighted by Gasteiger charge is 2.18. The molecule has 0 aliphatic carbocycles. The standard InChI is InChI=1S/C17H17NO2S2/c18-16(14-4-2-1-3-5-14)12-22(19,20)11-13-6-7-17-15(10-13)8-9-21-17/h1-10,16H,11-12,18H2/t16-/m1/s1. The van der Waals surface area contributed by atoms with Gasteiger partial charge < -0.3 is 5.73 Å². The molecule has 0 radical (unpaired) electrons. The van der Waals surface area contributed by atoms with Crippen LogP contribution in [-0.4, -0.2) is 14.2 Å². The number of sulfone groups is 1. The highest BCUT2D eigenvalue weighted by Crippen LogP contribution is 2.23. The lowest BCUT2D eigenvalue weighted by Gasteiger charge is -2.12. The summed E-state index contributed by atoms with van der Waals surface area (Å²) < 4.78 is 25.9. The van der Waals surface area contributed by atoms with Crippen LogP contribution in [0.5, 0.6) is 0 Å². The van der Waals surface area contributed by atoms with Crippen molar-refractivity contribution < 1.29 is 8.42 Å². The predicted molar refractivity (Wildman–Crippen MR) is 92.7 cm³/mol. The molecule has 0 amide bonds. The lowest BCUT2D eigenvalue weighted by Crippen LogP contribution is -2.22. The summed E-state index contributed by atoms with van der Waals surface area (Å²) in [6.07, 6.45) is 0. The monoisotopic (exact) mass is 331 g/mol. The number of hydrogen-bond donors (Lipinski definition) is 1. The van der Waals surface area contributed by atoms with Gasteiger partial charge in [0.1, 0.15) is 0 Å². The molecule has 114 valence electrons. The minimum atomic E-state index is -3.26. The lowest BCUT2D eigenvalue weighted by molar-refractivity contribution is 0.588. The number of thiophene rings is 1. The van der Waals surface area contributed by atoms with Crippen LogP contribution in [0.4, 0.5) is 0 Å². The van der Waals surface area contributed by atoms with Crippen LogP contribution in [0, 0.1) is 0 Å². The fraction of sp³-hybridized carbons (Fsp3) is 0.176. The molecular weight excluding hydrogens is 314 g/mol. The first-order valence-electron chi connectivity index (χ1n) is 7.01. The van der Waals surface area contributed by atoms with Gasteiger partial charge >= 0.3 is 0 Å². The van der Waals surface area contributed by atoms with E-state index >= 15 is 0 Å². The molecule has 3 nitrogen and oxygen atoms in total. The van der Waals surface area contributed by atoms with Gasteiger partial charge in [-0.05, 0) is 40.1 Å². The second-order valence-electron chi connectivity index (χ2n) is 5.36. The number of fused-ring (bicyclic) bond motifs is 1. The molecule has 1 atom stereocenters. The maximum Gasteiger partial charge on any atom is 0.156 e. The third kappa shape index (κ3) is 3.55. The van der Waals surface area contributed by atoms with Gasteiger partial charge in [-0.25, -0.2) is 8.42 Å². The van der Waals surface area contributed by atoms with Gasteiger partial charge in [0, 0.05) is 10.7 Å². The van der Waals surface area contributed by atoms with Crippen LogP contribution in [-0.2, 0) is 15.6 Å². The van der Waals surface area contributed by atoms with E-state index in [0.717, 1.165) is 16.5 Å². The molecule has 2 aromatic carbocycles. The molecule has 5 heteroatoms. The van der Waals surface area contributed by atoms with E-state index in [1.807, 2.05) is 60.0 Å². The van der Waals surface area contributed by atoms with Crippen molar-refractivity contribution in [3.8, 4) is 0 Å². The first-order valence-corrected chi connectivity index (χ1v) is 9.71. The van der Waals surface area contributed by atoms with Gasteiger partial charge in [-0.15, -0.1) is 11.3 Å². The number of rotatable bonds is 5. The van der Waals surface area contributed by atoms with Gasteiger partial charge in [0.2, 0.25) is 0 Å². The van der Waals surface area contributed by atoms with Crippen LogP contribution in [0.15, 0.2) is 60.0 Å². The van der Waals surface area contributed by atoms with Crippen molar-refractivity contribution >= 4 is 31.3 Å². The summed E-state index contributed by atoms with van der Waals surface area (Å²) in [7, 11) is -3.26. The molecule has 1 heterocycles. The number of hydrogen-bond acceptors (Lipinski definition) is 4. The molecule has 0 unspecified atom stereocenters. The summed E-state index contributed by atoms with van der Waals surface area (Å²) in [5.41, 5.74) is 7.69. The Morgan fingerprint density at radius 3 is 2.59 bits per heavy atom. The van der Waals surface area contributed by atoms with Crippen LogP contribution in [0.25, 0.3) is 10.1 Å². The van der Waals surface area contributed by atoms with Gasteiger partial charge in [-0.1, -0.05) is 36.4 Å². The fourth-order valence-corrected chi connectivity index (χ4v) is 4.80. The van der Waals surface area contributed by atoms with E-state index in [0.29, 0.717) is 0 Å². The van der Waals surface area contributed by atoms with E-state index in [-0.39, 0.29) is 11.5 Å². The molecule has 0 saturated heterocycles. The van der Waals surface area contributed by atoms with Gasteiger partial charge in [-0.3, -0.25) is 0 Å².